The monoisotopic (exact) mass is 922 g/mol. The van der Waals surface area contributed by atoms with Gasteiger partial charge < -0.3 is 4.57 Å². The molecule has 15 rings (SSSR count). The number of benzene rings is 10. The van der Waals surface area contributed by atoms with E-state index in [1.165, 1.54) is 80.9 Å². The Morgan fingerprint density at radius 3 is 2.01 bits per heavy atom. The molecule has 1 aliphatic rings. The molecular weight excluding hydrogens is 881 g/mol. The van der Waals surface area contributed by atoms with Gasteiger partial charge in [-0.15, -0.1) is 11.3 Å². The zero-order valence-electron chi connectivity index (χ0n) is 38.6. The van der Waals surface area contributed by atoms with Crippen LogP contribution in [-0.4, -0.2) is 19.1 Å². The molecule has 0 aliphatic heterocycles. The normalized spacial score (nSPS) is 12.6. The summed E-state index contributed by atoms with van der Waals surface area (Å²) in [5.74, 6) is 0.647. The Hall–Kier alpha value is -8.90. The lowest BCUT2D eigenvalue weighted by Crippen LogP contribution is -2.03. The van der Waals surface area contributed by atoms with E-state index in [1.807, 2.05) is 11.3 Å². The van der Waals surface area contributed by atoms with E-state index in [1.54, 1.807) is 0 Å². The van der Waals surface area contributed by atoms with Gasteiger partial charge in [0.15, 0.2) is 0 Å². The van der Waals surface area contributed by atoms with Gasteiger partial charge in [-0.3, -0.25) is 4.57 Å². The molecule has 0 fully saturated rings. The van der Waals surface area contributed by atoms with Crippen LogP contribution >= 0.6 is 11.3 Å². The number of nitrogens with zero attached hydrogens (tertiary/aromatic N) is 4. The fourth-order valence-corrected chi connectivity index (χ4v) is 12.7. The second-order valence-corrected chi connectivity index (χ2v) is 19.8. The molecule has 4 aromatic heterocycles. The minimum atomic E-state index is 0.647. The van der Waals surface area contributed by atoms with Crippen molar-refractivity contribution in [2.45, 2.75) is 12.8 Å². The van der Waals surface area contributed by atoms with Crippen LogP contribution in [0, 0.1) is 0 Å². The molecule has 71 heavy (non-hydrogen) atoms. The highest BCUT2D eigenvalue weighted by molar-refractivity contribution is 7.23. The summed E-state index contributed by atoms with van der Waals surface area (Å²) in [5.41, 5.74) is 17.4. The quantitative estimate of drug-likeness (QED) is 0.167. The highest BCUT2D eigenvalue weighted by Crippen LogP contribution is 2.45. The standard InChI is InChI=1S/C66H42N4S/c1-3-16-43(17-4-1)61-40-48-33-35-57-62(65(48)71-61)63(44-31-29-42(30-32-44)51-25-13-20-41-15-9-10-23-50(41)51)68-66(67-57)70-59-36-34-47(38-55(59)56-37-45-18-7-8-19-46(45)39-60(56)70)52-26-14-27-54-53-24-11-12-28-58(53)69(64(52)54)49-21-5-2-6-22-49/h1-9,11-22,24-40H,10,23H2. The lowest BCUT2D eigenvalue weighted by Gasteiger charge is -2.16. The van der Waals surface area contributed by atoms with E-state index in [9.17, 15) is 0 Å². The van der Waals surface area contributed by atoms with E-state index in [0.29, 0.717) is 5.95 Å². The zero-order valence-corrected chi connectivity index (χ0v) is 39.4. The van der Waals surface area contributed by atoms with Crippen LogP contribution in [-0.2, 0) is 6.42 Å². The van der Waals surface area contributed by atoms with Gasteiger partial charge in [0.2, 0.25) is 5.95 Å². The van der Waals surface area contributed by atoms with Crippen molar-refractivity contribution >= 4 is 92.8 Å². The Labute approximate surface area is 413 Å². The first-order valence-corrected chi connectivity index (χ1v) is 25.3. The fourth-order valence-electron chi connectivity index (χ4n) is 11.5. The summed E-state index contributed by atoms with van der Waals surface area (Å²) in [5, 5.41) is 9.42. The maximum atomic E-state index is 5.74. The van der Waals surface area contributed by atoms with Gasteiger partial charge in [-0.05, 0) is 117 Å². The molecule has 0 atom stereocenters. The Morgan fingerprint density at radius 1 is 0.437 bits per heavy atom. The molecule has 4 heterocycles. The number of allylic oxidation sites excluding steroid dienone is 1. The molecule has 0 N–H and O–H groups in total. The van der Waals surface area contributed by atoms with Crippen LogP contribution in [0.3, 0.4) is 0 Å². The second-order valence-electron chi connectivity index (χ2n) is 18.8. The van der Waals surface area contributed by atoms with Gasteiger partial charge >= 0.3 is 0 Å². The van der Waals surface area contributed by atoms with Crippen molar-refractivity contribution < 1.29 is 0 Å². The van der Waals surface area contributed by atoms with Crippen LogP contribution in [0.25, 0.3) is 137 Å². The molecule has 0 saturated heterocycles. The van der Waals surface area contributed by atoms with Gasteiger partial charge in [0.25, 0.3) is 0 Å². The third-order valence-electron chi connectivity index (χ3n) is 14.8. The molecule has 14 aromatic rings. The maximum absolute atomic E-state index is 5.74. The van der Waals surface area contributed by atoms with Crippen LogP contribution in [0.15, 0.2) is 224 Å². The summed E-state index contributed by atoms with van der Waals surface area (Å²) in [7, 11) is 0. The van der Waals surface area contributed by atoms with Crippen LogP contribution in [0.4, 0.5) is 0 Å². The van der Waals surface area contributed by atoms with E-state index < -0.39 is 0 Å². The molecule has 0 bridgehead atoms. The summed E-state index contributed by atoms with van der Waals surface area (Å²) in [6.07, 6.45) is 6.67. The third-order valence-corrected chi connectivity index (χ3v) is 16.0. The summed E-state index contributed by atoms with van der Waals surface area (Å²) in [6.45, 7) is 0. The molecule has 0 saturated carbocycles. The Bertz CT molecular complexity index is 4500. The van der Waals surface area contributed by atoms with Gasteiger partial charge in [-0.2, -0.15) is 0 Å². The van der Waals surface area contributed by atoms with E-state index >= 15 is 0 Å². The van der Waals surface area contributed by atoms with Crippen molar-refractivity contribution in [3.63, 3.8) is 0 Å². The minimum Gasteiger partial charge on any atom is -0.309 e. The summed E-state index contributed by atoms with van der Waals surface area (Å²) < 4.78 is 5.92. The highest BCUT2D eigenvalue weighted by Gasteiger charge is 2.23. The average Bonchev–Trinajstić information content (AvgIpc) is 4.13. The number of hydrogen-bond acceptors (Lipinski definition) is 3. The van der Waals surface area contributed by atoms with E-state index in [0.717, 1.165) is 68.1 Å². The first-order chi connectivity index (χ1) is 35.2. The number of hydrogen-bond donors (Lipinski definition) is 0. The van der Waals surface area contributed by atoms with Crippen LogP contribution in [0.5, 0.6) is 0 Å². The van der Waals surface area contributed by atoms with Crippen molar-refractivity contribution in [3.8, 4) is 55.6 Å². The lowest BCUT2D eigenvalue weighted by atomic mass is 9.89. The SMILES string of the molecule is C1=Cc2cccc(-c3ccc(-c4nc(-n5c6ccc(-c7cccc8c9ccccc9n(-c9ccccc9)c78)cc6c6cc7ccccc7cc65)nc5ccc6cc(-c7ccccc7)sc6c45)cc3)c2CC1. The maximum Gasteiger partial charge on any atom is 0.235 e. The van der Waals surface area contributed by atoms with Crippen molar-refractivity contribution in [3.05, 3.63) is 236 Å². The predicted octanol–water partition coefficient (Wildman–Crippen LogP) is 17.8. The molecule has 332 valence electrons. The van der Waals surface area contributed by atoms with E-state index in [2.05, 4.69) is 240 Å². The van der Waals surface area contributed by atoms with E-state index in [4.69, 9.17) is 9.97 Å². The number of para-hydroxylation sites is 3. The first-order valence-electron chi connectivity index (χ1n) is 24.4. The highest BCUT2D eigenvalue weighted by atomic mass is 32.1. The minimum absolute atomic E-state index is 0.647. The summed E-state index contributed by atoms with van der Waals surface area (Å²) >= 11 is 1.82. The number of aromatic nitrogens is 4. The molecule has 0 spiro atoms. The van der Waals surface area contributed by atoms with Crippen molar-refractivity contribution in [1.82, 2.24) is 19.1 Å². The molecule has 1 aliphatic carbocycles. The Morgan fingerprint density at radius 2 is 1.14 bits per heavy atom. The lowest BCUT2D eigenvalue weighted by molar-refractivity contribution is 0.988. The third kappa shape index (κ3) is 6.30. The molecular formula is C66H42N4S. The summed E-state index contributed by atoms with van der Waals surface area (Å²) in [6, 6.07) is 79.8. The first kappa shape index (κ1) is 40.0. The smallest absolute Gasteiger partial charge is 0.235 e. The molecule has 4 nitrogen and oxygen atoms in total. The van der Waals surface area contributed by atoms with Crippen LogP contribution < -0.4 is 0 Å². The van der Waals surface area contributed by atoms with Crippen molar-refractivity contribution in [1.29, 1.82) is 0 Å². The van der Waals surface area contributed by atoms with E-state index in [-0.39, 0.29) is 0 Å². The Kier molecular flexibility index (Phi) is 8.92. The fraction of sp³-hybridized carbons (Fsp3) is 0.0303. The Balaban J connectivity index is 0.978. The summed E-state index contributed by atoms with van der Waals surface area (Å²) in [4.78, 5) is 12.5. The number of thiophene rings is 1. The molecule has 0 amide bonds. The van der Waals surface area contributed by atoms with Gasteiger partial charge in [0, 0.05) is 53.3 Å². The van der Waals surface area contributed by atoms with Gasteiger partial charge in [0.05, 0.1) is 33.3 Å². The van der Waals surface area contributed by atoms with Gasteiger partial charge in [-0.1, -0.05) is 176 Å². The average molecular weight is 923 g/mol. The van der Waals surface area contributed by atoms with Crippen LogP contribution in [0.2, 0.25) is 0 Å². The van der Waals surface area contributed by atoms with Gasteiger partial charge in [0.1, 0.15) is 0 Å². The van der Waals surface area contributed by atoms with Crippen molar-refractivity contribution in [2.24, 2.45) is 0 Å². The molecule has 0 radical (unpaired) electrons. The number of fused-ring (bicyclic) bond motifs is 11. The molecule has 0 unspecified atom stereocenters. The molecule has 10 aromatic carbocycles. The van der Waals surface area contributed by atoms with Gasteiger partial charge in [-0.25, -0.2) is 9.97 Å². The molecule has 5 heteroatoms. The van der Waals surface area contributed by atoms with Crippen LogP contribution in [0.1, 0.15) is 17.5 Å². The second kappa shape index (κ2) is 15.8. The topological polar surface area (TPSA) is 35.6 Å². The predicted molar refractivity (Wildman–Crippen MR) is 300 cm³/mol. The zero-order chi connectivity index (χ0) is 46.6. The largest absolute Gasteiger partial charge is 0.309 e. The number of rotatable bonds is 6. The van der Waals surface area contributed by atoms with Crippen molar-refractivity contribution in [2.75, 3.05) is 0 Å².